The second-order valence-corrected chi connectivity index (χ2v) is 8.74. The Hall–Kier alpha value is -3.03. The molecule has 9 heteroatoms. The van der Waals surface area contributed by atoms with Crippen LogP contribution in [0, 0.1) is 12.3 Å². The molecule has 4 rings (SSSR count). The maximum absolute atomic E-state index is 13.5. The van der Waals surface area contributed by atoms with Crippen molar-refractivity contribution < 1.29 is 9.90 Å². The highest BCUT2D eigenvalue weighted by atomic mass is 35.5. The largest absolute Gasteiger partial charge is 0.512 e. The van der Waals surface area contributed by atoms with Crippen molar-refractivity contribution in [2.45, 2.75) is 33.7 Å². The average Bonchev–Trinajstić information content (AvgIpc) is 3.19. The van der Waals surface area contributed by atoms with Crippen molar-refractivity contribution in [1.82, 2.24) is 14.9 Å². The molecule has 1 aliphatic rings. The lowest BCUT2D eigenvalue weighted by Gasteiger charge is -2.30. The predicted molar refractivity (Wildman–Crippen MR) is 127 cm³/mol. The summed E-state index contributed by atoms with van der Waals surface area (Å²) in [5, 5.41) is 19.4. The number of carbonyl (C=O) groups is 1. The summed E-state index contributed by atoms with van der Waals surface area (Å²) >= 11 is 13.1. The molecule has 1 aromatic carbocycles. The van der Waals surface area contributed by atoms with E-state index in [2.05, 4.69) is 9.97 Å². The molecule has 0 saturated heterocycles. The minimum absolute atomic E-state index is 0.0865. The van der Waals surface area contributed by atoms with E-state index in [0.717, 1.165) is 16.6 Å². The normalized spacial score (nSPS) is 14.5. The van der Waals surface area contributed by atoms with Crippen LogP contribution in [0.4, 0.5) is 0 Å². The van der Waals surface area contributed by atoms with Crippen LogP contribution in [-0.4, -0.2) is 38.1 Å². The number of allylic oxidation sites excluding steroid dienone is 2. The Morgan fingerprint density at radius 1 is 1.28 bits per heavy atom. The Kier molecular flexibility index (Phi) is 5.65. The number of carbonyl (C=O) groups excluding carboxylic acids is 1. The zero-order valence-corrected chi connectivity index (χ0v) is 19.3. The SMILES string of the molecule is CC(=N)/C(=C(/C)O)c1cc(Cl)c2c(c1Cl)C(=O)N(Cc1c(=O)[nH]c(C)c3[nH]ccc13)CC2. The van der Waals surface area contributed by atoms with Gasteiger partial charge in [0.25, 0.3) is 11.5 Å². The summed E-state index contributed by atoms with van der Waals surface area (Å²) in [4.78, 5) is 33.7. The molecule has 3 heterocycles. The quantitative estimate of drug-likeness (QED) is 0.316. The van der Waals surface area contributed by atoms with E-state index in [1.807, 2.05) is 13.0 Å². The van der Waals surface area contributed by atoms with Crippen molar-refractivity contribution in [2.24, 2.45) is 0 Å². The lowest BCUT2D eigenvalue weighted by Crippen LogP contribution is -2.39. The first kappa shape index (κ1) is 22.2. The molecule has 0 fully saturated rings. The first-order chi connectivity index (χ1) is 15.1. The number of aliphatic hydroxyl groups is 1. The van der Waals surface area contributed by atoms with Gasteiger partial charge in [-0.3, -0.25) is 9.59 Å². The number of fused-ring (bicyclic) bond motifs is 2. The van der Waals surface area contributed by atoms with Crippen LogP contribution in [-0.2, 0) is 13.0 Å². The highest BCUT2D eigenvalue weighted by Gasteiger charge is 2.32. The molecule has 0 unspecified atom stereocenters. The third-order valence-corrected chi connectivity index (χ3v) is 6.56. The minimum atomic E-state index is -0.346. The van der Waals surface area contributed by atoms with Crippen LogP contribution in [0.3, 0.4) is 0 Å². The number of nitrogens with one attached hydrogen (secondary N) is 3. The maximum atomic E-state index is 13.5. The molecular weight excluding hydrogens is 451 g/mol. The average molecular weight is 473 g/mol. The molecule has 0 atom stereocenters. The van der Waals surface area contributed by atoms with Gasteiger partial charge >= 0.3 is 0 Å². The minimum Gasteiger partial charge on any atom is -0.512 e. The van der Waals surface area contributed by atoms with E-state index in [4.69, 9.17) is 28.6 Å². The van der Waals surface area contributed by atoms with Crippen molar-refractivity contribution in [3.05, 3.63) is 72.4 Å². The van der Waals surface area contributed by atoms with E-state index in [1.54, 1.807) is 17.2 Å². The molecule has 0 bridgehead atoms. The summed E-state index contributed by atoms with van der Waals surface area (Å²) in [5.74, 6) is -0.433. The second kappa shape index (κ2) is 8.15. The van der Waals surface area contributed by atoms with Crippen molar-refractivity contribution in [1.29, 1.82) is 5.41 Å². The topological polar surface area (TPSA) is 113 Å². The number of benzene rings is 1. The molecule has 1 amide bonds. The molecule has 7 nitrogen and oxygen atoms in total. The molecule has 0 spiro atoms. The number of aromatic nitrogens is 2. The fourth-order valence-corrected chi connectivity index (χ4v) is 4.99. The van der Waals surface area contributed by atoms with Gasteiger partial charge in [-0.25, -0.2) is 0 Å². The summed E-state index contributed by atoms with van der Waals surface area (Å²) in [6, 6.07) is 3.41. The lowest BCUT2D eigenvalue weighted by molar-refractivity contribution is 0.0727. The summed E-state index contributed by atoms with van der Waals surface area (Å²) in [7, 11) is 0. The summed E-state index contributed by atoms with van der Waals surface area (Å²) in [6.45, 7) is 5.29. The smallest absolute Gasteiger partial charge is 0.256 e. The molecule has 1 aliphatic heterocycles. The van der Waals surface area contributed by atoms with Gasteiger partial charge in [0.2, 0.25) is 0 Å². The third-order valence-electron chi connectivity index (χ3n) is 5.83. The molecule has 32 heavy (non-hydrogen) atoms. The van der Waals surface area contributed by atoms with Crippen molar-refractivity contribution >= 4 is 51.3 Å². The third kappa shape index (κ3) is 3.51. The standard InChI is InChI=1S/C23H22Cl2N4O3/c1-10(26)18(12(3)30)15-8-17(24)14-5-7-29(23(32)19(14)20(15)25)9-16-13-4-6-27-21(13)11(2)28-22(16)31/h4,6,8,26-27,30H,5,7,9H2,1-3H3,(H,28,31)/b18-12+,26-10?. The van der Waals surface area contributed by atoms with Gasteiger partial charge in [-0.05, 0) is 44.9 Å². The Bertz CT molecular complexity index is 1380. The van der Waals surface area contributed by atoms with Crippen molar-refractivity contribution in [2.75, 3.05) is 6.54 Å². The van der Waals surface area contributed by atoms with Gasteiger partial charge in [0.1, 0.15) is 0 Å². The number of aryl methyl sites for hydroxylation is 1. The van der Waals surface area contributed by atoms with Crippen LogP contribution in [0.5, 0.6) is 0 Å². The van der Waals surface area contributed by atoms with Gasteiger partial charge in [-0.1, -0.05) is 23.2 Å². The van der Waals surface area contributed by atoms with Crippen LogP contribution in [0.2, 0.25) is 10.0 Å². The number of hydrogen-bond acceptors (Lipinski definition) is 4. The zero-order chi connectivity index (χ0) is 23.3. The van der Waals surface area contributed by atoms with E-state index in [9.17, 15) is 14.7 Å². The second-order valence-electron chi connectivity index (χ2n) is 7.96. The van der Waals surface area contributed by atoms with E-state index in [-0.39, 0.29) is 45.6 Å². The lowest BCUT2D eigenvalue weighted by atomic mass is 9.91. The summed E-state index contributed by atoms with van der Waals surface area (Å²) in [6.07, 6.45) is 2.23. The maximum Gasteiger partial charge on any atom is 0.256 e. The Balaban J connectivity index is 1.81. The predicted octanol–water partition coefficient (Wildman–Crippen LogP) is 5.00. The number of nitrogens with zero attached hydrogens (tertiary/aromatic N) is 1. The van der Waals surface area contributed by atoms with E-state index < -0.39 is 0 Å². The Morgan fingerprint density at radius 2 is 2.00 bits per heavy atom. The molecule has 3 aromatic rings. The number of aliphatic hydroxyl groups excluding tert-OH is 1. The van der Waals surface area contributed by atoms with Gasteiger partial charge in [0.15, 0.2) is 0 Å². The molecule has 0 saturated carbocycles. The van der Waals surface area contributed by atoms with Crippen molar-refractivity contribution in [3.8, 4) is 0 Å². The van der Waals surface area contributed by atoms with Crippen LogP contribution in [0.25, 0.3) is 16.5 Å². The molecular formula is C23H22Cl2N4O3. The Labute approximate surface area is 194 Å². The molecule has 4 N–H and O–H groups in total. The first-order valence-electron chi connectivity index (χ1n) is 10.1. The number of H-pyrrole nitrogens is 2. The fraction of sp³-hybridized carbons (Fsp3) is 0.261. The number of hydrogen-bond donors (Lipinski definition) is 4. The monoisotopic (exact) mass is 472 g/mol. The molecule has 0 radical (unpaired) electrons. The number of halogens is 2. The van der Waals surface area contributed by atoms with Gasteiger partial charge in [0, 0.05) is 51.3 Å². The van der Waals surface area contributed by atoms with Crippen LogP contribution in [0.15, 0.2) is 28.9 Å². The highest BCUT2D eigenvalue weighted by molar-refractivity contribution is 6.40. The van der Waals surface area contributed by atoms with Gasteiger partial charge in [-0.15, -0.1) is 0 Å². The van der Waals surface area contributed by atoms with E-state index >= 15 is 0 Å². The summed E-state index contributed by atoms with van der Waals surface area (Å²) in [5.41, 5.74) is 3.34. The molecule has 166 valence electrons. The first-order valence-corrected chi connectivity index (χ1v) is 10.8. The highest BCUT2D eigenvalue weighted by Crippen LogP contribution is 2.39. The molecule has 2 aromatic heterocycles. The van der Waals surface area contributed by atoms with E-state index in [1.165, 1.54) is 13.8 Å². The van der Waals surface area contributed by atoms with Crippen molar-refractivity contribution in [3.63, 3.8) is 0 Å². The van der Waals surface area contributed by atoms with Gasteiger partial charge in [0.05, 0.1) is 28.4 Å². The number of pyridine rings is 1. The zero-order valence-electron chi connectivity index (χ0n) is 17.8. The van der Waals surface area contributed by atoms with Gasteiger partial charge < -0.3 is 25.4 Å². The number of aromatic amines is 2. The summed E-state index contributed by atoms with van der Waals surface area (Å²) < 4.78 is 0. The van der Waals surface area contributed by atoms with Gasteiger partial charge in [-0.2, -0.15) is 0 Å². The molecule has 0 aliphatic carbocycles. The number of rotatable bonds is 4. The Morgan fingerprint density at radius 3 is 2.66 bits per heavy atom. The number of amides is 1. The van der Waals surface area contributed by atoms with Crippen LogP contribution >= 0.6 is 23.2 Å². The van der Waals surface area contributed by atoms with Crippen LogP contribution in [0.1, 0.15) is 46.6 Å². The fourth-order valence-electron chi connectivity index (χ4n) is 4.35. The van der Waals surface area contributed by atoms with Crippen LogP contribution < -0.4 is 5.56 Å². The van der Waals surface area contributed by atoms with E-state index in [0.29, 0.717) is 34.7 Å².